The molecule has 0 atom stereocenters. The lowest BCUT2D eigenvalue weighted by Crippen LogP contribution is -2.00. The lowest BCUT2D eigenvalue weighted by atomic mass is 9.99. The Bertz CT molecular complexity index is 874. The maximum Gasteiger partial charge on any atom is 0.170 e. The Morgan fingerprint density at radius 1 is 1.04 bits per heavy atom. The Kier molecular flexibility index (Phi) is 5.66. The molecule has 1 aromatic heterocycles. The second kappa shape index (κ2) is 7.93. The number of ether oxygens (including phenoxy) is 2. The summed E-state index contributed by atoms with van der Waals surface area (Å²) < 4.78 is 12.2. The van der Waals surface area contributed by atoms with Crippen molar-refractivity contribution in [1.82, 2.24) is 4.98 Å². The van der Waals surface area contributed by atoms with Gasteiger partial charge in [0.2, 0.25) is 0 Å². The number of H-pyrrole nitrogens is 1. The van der Waals surface area contributed by atoms with Crippen molar-refractivity contribution in [2.45, 2.75) is 19.3 Å². The van der Waals surface area contributed by atoms with E-state index in [9.17, 15) is 0 Å². The predicted molar refractivity (Wildman–Crippen MR) is 107 cm³/mol. The van der Waals surface area contributed by atoms with E-state index in [1.165, 1.54) is 10.9 Å². The maximum atomic E-state index is 5.69. The number of unbranched alkanes of at least 4 members (excludes halogenated alkanes) is 1. The number of halogens is 1. The molecule has 0 saturated carbocycles. The van der Waals surface area contributed by atoms with Gasteiger partial charge in [-0.2, -0.15) is 0 Å². The van der Waals surface area contributed by atoms with Crippen molar-refractivity contribution in [1.29, 1.82) is 0 Å². The van der Waals surface area contributed by atoms with Crippen LogP contribution in [0.1, 0.15) is 18.4 Å². The zero-order valence-corrected chi connectivity index (χ0v) is 16.2. The molecule has 3 rings (SSSR count). The first-order valence-electron chi connectivity index (χ1n) is 8.41. The van der Waals surface area contributed by atoms with Crippen molar-refractivity contribution < 1.29 is 9.47 Å². The lowest BCUT2D eigenvalue weighted by molar-refractivity contribution is 0.356. The van der Waals surface area contributed by atoms with Crippen molar-refractivity contribution in [2.75, 3.05) is 20.8 Å². The number of aryl methyl sites for hydroxylation is 1. The number of methoxy groups -OCH3 is 2. The van der Waals surface area contributed by atoms with Crippen LogP contribution in [0.2, 0.25) is 0 Å². The van der Waals surface area contributed by atoms with Gasteiger partial charge in [0, 0.05) is 15.4 Å². The van der Waals surface area contributed by atoms with E-state index in [4.69, 9.17) is 15.2 Å². The number of hydrogen-bond acceptors (Lipinski definition) is 3. The Hall–Kier alpha value is -1.98. The normalized spacial score (nSPS) is 11.0. The standard InChI is InChI=1S/C20H23BrN2O2/c1-24-17-11-6-9-15(20(17)25-2)18-13(7-3-4-12-22)14-8-5-10-16(21)19(14)23-18/h5-6,8-11,23H,3-4,7,12,22H2,1-2H3. The molecule has 0 amide bonds. The molecule has 0 unspecified atom stereocenters. The Morgan fingerprint density at radius 2 is 1.84 bits per heavy atom. The fourth-order valence-corrected chi connectivity index (χ4v) is 3.72. The molecule has 2 aromatic carbocycles. The lowest BCUT2D eigenvalue weighted by Gasteiger charge is -2.13. The van der Waals surface area contributed by atoms with Gasteiger partial charge < -0.3 is 20.2 Å². The van der Waals surface area contributed by atoms with Crippen LogP contribution in [0.25, 0.3) is 22.2 Å². The average Bonchev–Trinajstić information content (AvgIpc) is 3.01. The van der Waals surface area contributed by atoms with Crippen LogP contribution in [-0.4, -0.2) is 25.7 Å². The second-order valence-electron chi connectivity index (χ2n) is 5.93. The van der Waals surface area contributed by atoms with E-state index in [1.54, 1.807) is 14.2 Å². The quantitative estimate of drug-likeness (QED) is 0.552. The third-order valence-electron chi connectivity index (χ3n) is 4.44. The molecule has 0 saturated heterocycles. The third-order valence-corrected chi connectivity index (χ3v) is 5.10. The van der Waals surface area contributed by atoms with Crippen molar-refractivity contribution in [3.8, 4) is 22.8 Å². The van der Waals surface area contributed by atoms with E-state index in [1.807, 2.05) is 12.1 Å². The summed E-state index contributed by atoms with van der Waals surface area (Å²) in [5.74, 6) is 1.47. The SMILES string of the molecule is COc1cccc(-c2[nH]c3c(Br)cccc3c2CCCCN)c1OC. The number of aromatic amines is 1. The van der Waals surface area contributed by atoms with E-state index in [2.05, 4.69) is 45.2 Å². The minimum Gasteiger partial charge on any atom is -0.493 e. The number of nitrogens with one attached hydrogen (secondary N) is 1. The number of fused-ring (bicyclic) bond motifs is 1. The number of aromatic nitrogens is 1. The van der Waals surface area contributed by atoms with E-state index in [-0.39, 0.29) is 0 Å². The van der Waals surface area contributed by atoms with Crippen molar-refractivity contribution in [3.05, 3.63) is 46.4 Å². The molecule has 1 heterocycles. The molecule has 0 fully saturated rings. The molecule has 25 heavy (non-hydrogen) atoms. The summed E-state index contributed by atoms with van der Waals surface area (Å²) in [4.78, 5) is 3.59. The zero-order chi connectivity index (χ0) is 17.8. The fraction of sp³-hybridized carbons (Fsp3) is 0.300. The monoisotopic (exact) mass is 402 g/mol. The minimum atomic E-state index is 0.712. The Labute approximate surface area is 156 Å². The Balaban J connectivity index is 2.21. The number of benzene rings is 2. The molecule has 3 aromatic rings. The molecule has 0 radical (unpaired) electrons. The molecule has 132 valence electrons. The minimum absolute atomic E-state index is 0.712. The highest BCUT2D eigenvalue weighted by Gasteiger charge is 2.19. The van der Waals surface area contributed by atoms with Gasteiger partial charge in [-0.05, 0) is 65.5 Å². The fourth-order valence-electron chi connectivity index (χ4n) is 3.26. The number of nitrogens with two attached hydrogens (primary N) is 1. The van der Waals surface area contributed by atoms with Gasteiger partial charge in [0.15, 0.2) is 11.5 Å². The highest BCUT2D eigenvalue weighted by Crippen LogP contribution is 2.42. The average molecular weight is 403 g/mol. The molecule has 0 aliphatic rings. The van der Waals surface area contributed by atoms with E-state index < -0.39 is 0 Å². The number of rotatable bonds is 7. The van der Waals surface area contributed by atoms with Crippen molar-refractivity contribution >= 4 is 26.8 Å². The molecule has 3 N–H and O–H groups in total. The van der Waals surface area contributed by atoms with E-state index in [0.717, 1.165) is 52.0 Å². The van der Waals surface area contributed by atoms with Crippen LogP contribution in [-0.2, 0) is 6.42 Å². The molecular weight excluding hydrogens is 380 g/mol. The summed E-state index contributed by atoms with van der Waals surface area (Å²) in [6.45, 7) is 0.712. The van der Waals surface area contributed by atoms with Gasteiger partial charge in [-0.15, -0.1) is 0 Å². The van der Waals surface area contributed by atoms with Gasteiger partial charge in [0.1, 0.15) is 0 Å². The summed E-state index contributed by atoms with van der Waals surface area (Å²) in [7, 11) is 3.33. The van der Waals surface area contributed by atoms with Crippen molar-refractivity contribution in [2.24, 2.45) is 5.73 Å². The van der Waals surface area contributed by atoms with Crippen LogP contribution < -0.4 is 15.2 Å². The molecule has 5 heteroatoms. The Morgan fingerprint density at radius 3 is 2.56 bits per heavy atom. The topological polar surface area (TPSA) is 60.3 Å². The molecule has 0 aliphatic heterocycles. The highest BCUT2D eigenvalue weighted by atomic mass is 79.9. The van der Waals surface area contributed by atoms with Crippen LogP contribution in [0.4, 0.5) is 0 Å². The maximum absolute atomic E-state index is 5.69. The van der Waals surface area contributed by atoms with Gasteiger partial charge in [-0.1, -0.05) is 18.2 Å². The van der Waals surface area contributed by atoms with Crippen LogP contribution >= 0.6 is 15.9 Å². The first kappa shape index (κ1) is 17.8. The van der Waals surface area contributed by atoms with Gasteiger partial charge in [-0.25, -0.2) is 0 Å². The summed E-state index contributed by atoms with van der Waals surface area (Å²) >= 11 is 3.66. The van der Waals surface area contributed by atoms with Crippen molar-refractivity contribution in [3.63, 3.8) is 0 Å². The van der Waals surface area contributed by atoms with Crippen LogP contribution in [0.3, 0.4) is 0 Å². The number of hydrogen-bond donors (Lipinski definition) is 2. The summed E-state index contributed by atoms with van der Waals surface area (Å²) in [6.07, 6.45) is 3.02. The van der Waals surface area contributed by atoms with E-state index >= 15 is 0 Å². The summed E-state index contributed by atoms with van der Waals surface area (Å²) in [5.41, 5.74) is 10.2. The largest absolute Gasteiger partial charge is 0.493 e. The summed E-state index contributed by atoms with van der Waals surface area (Å²) in [6, 6.07) is 12.2. The van der Waals surface area contributed by atoms with Crippen LogP contribution in [0.15, 0.2) is 40.9 Å². The highest BCUT2D eigenvalue weighted by molar-refractivity contribution is 9.10. The molecular formula is C20H23BrN2O2. The smallest absolute Gasteiger partial charge is 0.170 e. The molecule has 0 spiro atoms. The van der Waals surface area contributed by atoms with Gasteiger partial charge in [0.05, 0.1) is 25.4 Å². The van der Waals surface area contributed by atoms with Gasteiger partial charge in [-0.3, -0.25) is 0 Å². The van der Waals surface area contributed by atoms with E-state index in [0.29, 0.717) is 6.54 Å². The first-order chi connectivity index (χ1) is 12.2. The first-order valence-corrected chi connectivity index (χ1v) is 9.21. The van der Waals surface area contributed by atoms with Gasteiger partial charge in [0.25, 0.3) is 0 Å². The second-order valence-corrected chi connectivity index (χ2v) is 6.78. The van der Waals surface area contributed by atoms with Crippen LogP contribution in [0.5, 0.6) is 11.5 Å². The predicted octanol–water partition coefficient (Wildman–Crippen LogP) is 4.90. The van der Waals surface area contributed by atoms with Gasteiger partial charge >= 0.3 is 0 Å². The number of para-hydroxylation sites is 2. The molecule has 0 bridgehead atoms. The zero-order valence-electron chi connectivity index (χ0n) is 14.6. The molecule has 4 nitrogen and oxygen atoms in total. The summed E-state index contributed by atoms with van der Waals surface area (Å²) in [5, 5.41) is 1.23. The molecule has 0 aliphatic carbocycles. The van der Waals surface area contributed by atoms with Crippen LogP contribution in [0, 0.1) is 0 Å². The third kappa shape index (κ3) is 3.39.